The Morgan fingerprint density at radius 3 is 1.88 bits per heavy atom. The molecule has 0 aliphatic carbocycles. The molecule has 0 aliphatic heterocycles. The minimum atomic E-state index is 0.452. The van der Waals surface area contributed by atoms with Crippen molar-refractivity contribution in [2.45, 2.75) is 6.54 Å². The number of aliphatic imine (C=N–C) groups is 3. The number of rotatable bonds is 6. The average molecular weight is 618 g/mol. The Bertz CT molecular complexity index is 2460. The number of fused-ring (bicyclic) bond motifs is 4. The molecule has 7 aromatic carbocycles. The zero-order valence-corrected chi connectivity index (χ0v) is 26.3. The van der Waals surface area contributed by atoms with Crippen LogP contribution in [0.1, 0.15) is 16.7 Å². The molecule has 0 fully saturated rings. The Balaban J connectivity index is 1.36. The van der Waals surface area contributed by atoms with Gasteiger partial charge in [0.1, 0.15) is 11.2 Å². The summed E-state index contributed by atoms with van der Waals surface area (Å²) in [5.41, 5.74) is 8.83. The summed E-state index contributed by atoms with van der Waals surface area (Å²) >= 11 is 0. The molecular weight excluding hydrogens is 587 g/mol. The Morgan fingerprint density at radius 1 is 0.562 bits per heavy atom. The van der Waals surface area contributed by atoms with Gasteiger partial charge >= 0.3 is 0 Å². The summed E-state index contributed by atoms with van der Waals surface area (Å²) < 4.78 is 6.80. The molecule has 0 unspecified atom stereocenters. The van der Waals surface area contributed by atoms with Gasteiger partial charge in [0.2, 0.25) is 0 Å². The van der Waals surface area contributed by atoms with Crippen LogP contribution in [0, 0.1) is 0 Å². The fourth-order valence-electron chi connectivity index (χ4n) is 6.26. The summed E-state index contributed by atoms with van der Waals surface area (Å²) in [4.78, 5) is 14.5. The molecule has 0 bridgehead atoms. The van der Waals surface area contributed by atoms with Gasteiger partial charge in [-0.05, 0) is 63.5 Å². The van der Waals surface area contributed by atoms with Crippen molar-refractivity contribution in [2.24, 2.45) is 15.0 Å². The maximum atomic E-state index is 6.80. The topological polar surface area (TPSA) is 50.2 Å². The molecular formula is C44H31N3O. The van der Waals surface area contributed by atoms with Gasteiger partial charge in [0.15, 0.2) is 11.7 Å². The third-order valence-corrected chi connectivity index (χ3v) is 8.68. The number of benzene rings is 7. The molecule has 0 amide bonds. The Labute approximate surface area is 279 Å². The van der Waals surface area contributed by atoms with E-state index >= 15 is 0 Å². The van der Waals surface area contributed by atoms with Gasteiger partial charge in [-0.3, -0.25) is 4.99 Å². The van der Waals surface area contributed by atoms with E-state index in [0.717, 1.165) is 60.5 Å². The van der Waals surface area contributed by atoms with Gasteiger partial charge in [-0.25, -0.2) is 9.98 Å². The summed E-state index contributed by atoms with van der Waals surface area (Å²) in [6.07, 6.45) is 0. The van der Waals surface area contributed by atoms with Crippen molar-refractivity contribution in [3.8, 4) is 22.3 Å². The highest BCUT2D eigenvalue weighted by Crippen LogP contribution is 2.41. The summed E-state index contributed by atoms with van der Waals surface area (Å²) in [5, 5.41) is 4.35. The molecule has 8 rings (SSSR count). The Morgan fingerprint density at radius 2 is 1.17 bits per heavy atom. The number of furan rings is 1. The summed E-state index contributed by atoms with van der Waals surface area (Å²) in [6, 6.07) is 56.2. The van der Waals surface area contributed by atoms with Gasteiger partial charge < -0.3 is 4.42 Å². The average Bonchev–Trinajstić information content (AvgIpc) is 3.53. The number of hydrogen-bond acceptors (Lipinski definition) is 2. The lowest BCUT2D eigenvalue weighted by atomic mass is 9.94. The fourth-order valence-corrected chi connectivity index (χ4v) is 6.26. The van der Waals surface area contributed by atoms with E-state index in [1.54, 1.807) is 0 Å². The molecule has 4 heteroatoms. The van der Waals surface area contributed by atoms with Crippen molar-refractivity contribution < 1.29 is 4.42 Å². The predicted molar refractivity (Wildman–Crippen MR) is 201 cm³/mol. The first-order valence-electron chi connectivity index (χ1n) is 16.0. The highest BCUT2D eigenvalue weighted by atomic mass is 16.3. The van der Waals surface area contributed by atoms with E-state index in [1.807, 2.05) is 54.6 Å². The lowest BCUT2D eigenvalue weighted by Crippen LogP contribution is -2.06. The van der Waals surface area contributed by atoms with Crippen molar-refractivity contribution in [1.29, 1.82) is 0 Å². The van der Waals surface area contributed by atoms with Gasteiger partial charge in [0, 0.05) is 16.3 Å². The molecule has 0 saturated carbocycles. The van der Waals surface area contributed by atoms with Crippen LogP contribution in [-0.2, 0) is 6.54 Å². The summed E-state index contributed by atoms with van der Waals surface area (Å²) in [5.74, 6) is 1.03. The van der Waals surface area contributed by atoms with E-state index in [1.165, 1.54) is 11.1 Å². The molecule has 1 heterocycles. The highest BCUT2D eigenvalue weighted by molar-refractivity contribution is 6.23. The normalized spacial score (nSPS) is 12.2. The van der Waals surface area contributed by atoms with E-state index in [4.69, 9.17) is 14.4 Å². The third-order valence-electron chi connectivity index (χ3n) is 8.68. The van der Waals surface area contributed by atoms with Gasteiger partial charge in [-0.1, -0.05) is 146 Å². The SMILES string of the molecule is C=N/C(=N\C(=N/Cc1ccccc1)c1ccc(-c2ccc(-c3ccccc3)cc2)c2c1oc1cc3ccccc3cc12)c1ccccc1. The van der Waals surface area contributed by atoms with Crippen LogP contribution in [0.15, 0.2) is 183 Å². The van der Waals surface area contributed by atoms with Crippen LogP contribution in [0.2, 0.25) is 0 Å². The fraction of sp³-hybridized carbons (Fsp3) is 0.0227. The molecule has 1 aromatic heterocycles. The van der Waals surface area contributed by atoms with Crippen molar-refractivity contribution in [3.63, 3.8) is 0 Å². The maximum Gasteiger partial charge on any atom is 0.161 e. The van der Waals surface area contributed by atoms with Crippen molar-refractivity contribution >= 4 is 51.1 Å². The van der Waals surface area contributed by atoms with Crippen LogP contribution in [0.5, 0.6) is 0 Å². The zero-order chi connectivity index (χ0) is 32.3. The Kier molecular flexibility index (Phi) is 7.73. The smallest absolute Gasteiger partial charge is 0.161 e. The van der Waals surface area contributed by atoms with Crippen LogP contribution in [0.4, 0.5) is 0 Å². The van der Waals surface area contributed by atoms with Gasteiger partial charge in [0.05, 0.1) is 12.1 Å². The zero-order valence-electron chi connectivity index (χ0n) is 26.3. The molecule has 0 radical (unpaired) electrons. The van der Waals surface area contributed by atoms with Crippen molar-refractivity contribution in [3.05, 3.63) is 180 Å². The third kappa shape index (κ3) is 5.61. The number of nitrogens with zero attached hydrogens (tertiary/aromatic N) is 3. The van der Waals surface area contributed by atoms with Crippen LogP contribution in [0.3, 0.4) is 0 Å². The van der Waals surface area contributed by atoms with E-state index in [2.05, 4.69) is 121 Å². The van der Waals surface area contributed by atoms with Crippen LogP contribution in [-0.4, -0.2) is 18.4 Å². The van der Waals surface area contributed by atoms with Gasteiger partial charge in [0.25, 0.3) is 0 Å². The largest absolute Gasteiger partial charge is 0.455 e. The summed E-state index contributed by atoms with van der Waals surface area (Å²) in [7, 11) is 0. The van der Waals surface area contributed by atoms with E-state index in [-0.39, 0.29) is 0 Å². The molecule has 4 nitrogen and oxygen atoms in total. The summed E-state index contributed by atoms with van der Waals surface area (Å²) in [6.45, 7) is 4.31. The second kappa shape index (κ2) is 12.8. The molecule has 228 valence electrons. The molecule has 48 heavy (non-hydrogen) atoms. The minimum absolute atomic E-state index is 0.452. The number of hydrogen-bond donors (Lipinski definition) is 0. The Hall–Kier alpha value is -6.39. The lowest BCUT2D eigenvalue weighted by molar-refractivity contribution is 0.668. The first-order valence-corrected chi connectivity index (χ1v) is 16.0. The predicted octanol–water partition coefficient (Wildman–Crippen LogP) is 11.2. The van der Waals surface area contributed by atoms with Crippen LogP contribution in [0.25, 0.3) is 55.0 Å². The molecule has 0 saturated heterocycles. The molecule has 0 N–H and O–H groups in total. The van der Waals surface area contributed by atoms with E-state index in [0.29, 0.717) is 18.2 Å². The second-order valence-electron chi connectivity index (χ2n) is 11.7. The molecule has 0 atom stereocenters. The standard InChI is InChI=1S/C44H31N3O/c1-45-43(34-17-9-4-10-18-34)47-44(46-29-30-13-5-2-6-14-30)38-26-25-37(33-23-21-32(22-24-33)31-15-7-3-8-16-31)41-39-27-35-19-11-12-20-36(35)28-40(39)48-42(38)41/h2-28H,1,29H2/b46-44-,47-43-. The molecule has 0 aliphatic rings. The van der Waals surface area contributed by atoms with Gasteiger partial charge in [-0.15, -0.1) is 0 Å². The van der Waals surface area contributed by atoms with Crippen LogP contribution >= 0.6 is 0 Å². The van der Waals surface area contributed by atoms with E-state index in [9.17, 15) is 0 Å². The second-order valence-corrected chi connectivity index (χ2v) is 11.7. The quantitative estimate of drug-likeness (QED) is 0.135. The van der Waals surface area contributed by atoms with Crippen LogP contribution < -0.4 is 0 Å². The monoisotopic (exact) mass is 617 g/mol. The maximum absolute atomic E-state index is 6.80. The minimum Gasteiger partial charge on any atom is -0.455 e. The molecule has 0 spiro atoms. The highest BCUT2D eigenvalue weighted by Gasteiger charge is 2.20. The number of amidine groups is 2. The first kappa shape index (κ1) is 29.0. The lowest BCUT2D eigenvalue weighted by Gasteiger charge is -2.10. The van der Waals surface area contributed by atoms with Crippen molar-refractivity contribution in [1.82, 2.24) is 0 Å². The molecule has 8 aromatic rings. The van der Waals surface area contributed by atoms with E-state index < -0.39 is 0 Å². The van der Waals surface area contributed by atoms with Gasteiger partial charge in [-0.2, -0.15) is 0 Å². The first-order chi connectivity index (χ1) is 23.7. The van der Waals surface area contributed by atoms with Crippen molar-refractivity contribution in [2.75, 3.05) is 0 Å².